The first-order valence-electron chi connectivity index (χ1n) is 6.16. The molecular formula is C13H16N2O3S. The minimum absolute atomic E-state index is 0.188. The topological polar surface area (TPSA) is 63.5 Å². The van der Waals surface area contributed by atoms with Crippen LogP contribution < -0.4 is 10.6 Å². The quantitative estimate of drug-likeness (QED) is 0.646. The summed E-state index contributed by atoms with van der Waals surface area (Å²) in [4.78, 5) is 11.5. The van der Waals surface area contributed by atoms with Crippen molar-refractivity contribution in [3.05, 3.63) is 30.2 Å². The SMILES string of the molecule is O=C(C=Cc1ccco1)NC(=S)NCC1CCCO1. The van der Waals surface area contributed by atoms with Crippen LogP contribution in [0.25, 0.3) is 6.08 Å². The molecule has 0 saturated carbocycles. The number of rotatable bonds is 4. The minimum atomic E-state index is -0.291. The minimum Gasteiger partial charge on any atom is -0.465 e. The summed E-state index contributed by atoms with van der Waals surface area (Å²) >= 11 is 5.02. The highest BCUT2D eigenvalue weighted by atomic mass is 32.1. The first-order valence-corrected chi connectivity index (χ1v) is 6.57. The highest BCUT2D eigenvalue weighted by Crippen LogP contribution is 2.10. The molecular weight excluding hydrogens is 264 g/mol. The molecule has 1 amide bonds. The molecule has 1 saturated heterocycles. The number of ether oxygens (including phenoxy) is 1. The number of carbonyl (C=O) groups excluding carboxylic acids is 1. The second-order valence-electron chi connectivity index (χ2n) is 4.18. The lowest BCUT2D eigenvalue weighted by atomic mass is 10.2. The Balaban J connectivity index is 1.68. The van der Waals surface area contributed by atoms with E-state index in [9.17, 15) is 4.79 Å². The third kappa shape index (κ3) is 4.84. The van der Waals surface area contributed by atoms with Crippen LogP contribution >= 0.6 is 12.2 Å². The van der Waals surface area contributed by atoms with Crippen molar-refractivity contribution in [3.63, 3.8) is 0 Å². The summed E-state index contributed by atoms with van der Waals surface area (Å²) in [6, 6.07) is 3.52. The van der Waals surface area contributed by atoms with Crippen molar-refractivity contribution in [2.75, 3.05) is 13.2 Å². The van der Waals surface area contributed by atoms with E-state index in [0.717, 1.165) is 19.4 Å². The van der Waals surface area contributed by atoms with Gasteiger partial charge in [-0.05, 0) is 43.3 Å². The second kappa shape index (κ2) is 7.06. The number of amides is 1. The van der Waals surface area contributed by atoms with Gasteiger partial charge in [-0.15, -0.1) is 0 Å². The third-order valence-corrected chi connectivity index (χ3v) is 2.94. The lowest BCUT2D eigenvalue weighted by Gasteiger charge is -2.12. The van der Waals surface area contributed by atoms with E-state index in [0.29, 0.717) is 17.4 Å². The van der Waals surface area contributed by atoms with Crippen LogP contribution in [0.2, 0.25) is 0 Å². The zero-order valence-corrected chi connectivity index (χ0v) is 11.2. The van der Waals surface area contributed by atoms with Gasteiger partial charge in [0.05, 0.1) is 12.4 Å². The number of furan rings is 1. The Hall–Kier alpha value is -1.66. The first kappa shape index (κ1) is 13.8. The Bertz CT molecular complexity index is 450. The molecule has 0 spiro atoms. The van der Waals surface area contributed by atoms with E-state index in [1.165, 1.54) is 6.08 Å². The number of hydrogen-bond donors (Lipinski definition) is 2. The highest BCUT2D eigenvalue weighted by Gasteiger charge is 2.15. The van der Waals surface area contributed by atoms with Gasteiger partial charge in [-0.2, -0.15) is 0 Å². The van der Waals surface area contributed by atoms with Crippen molar-refractivity contribution < 1.29 is 13.9 Å². The van der Waals surface area contributed by atoms with Crippen molar-refractivity contribution in [1.82, 2.24) is 10.6 Å². The fourth-order valence-electron chi connectivity index (χ4n) is 1.75. The normalized spacial score (nSPS) is 18.6. The lowest BCUT2D eigenvalue weighted by Crippen LogP contribution is -2.41. The van der Waals surface area contributed by atoms with Gasteiger partial charge in [0.1, 0.15) is 5.76 Å². The molecule has 1 aromatic heterocycles. The van der Waals surface area contributed by atoms with Crippen LogP contribution in [0.3, 0.4) is 0 Å². The average Bonchev–Trinajstić information content (AvgIpc) is 3.07. The van der Waals surface area contributed by atoms with Crippen LogP contribution in [0.4, 0.5) is 0 Å². The van der Waals surface area contributed by atoms with Crippen LogP contribution in [0.15, 0.2) is 28.9 Å². The van der Waals surface area contributed by atoms with E-state index in [2.05, 4.69) is 10.6 Å². The van der Waals surface area contributed by atoms with Gasteiger partial charge in [0, 0.05) is 19.2 Å². The van der Waals surface area contributed by atoms with Crippen LogP contribution in [-0.2, 0) is 9.53 Å². The Morgan fingerprint density at radius 3 is 3.16 bits per heavy atom. The molecule has 0 aliphatic carbocycles. The molecule has 2 rings (SSSR count). The third-order valence-electron chi connectivity index (χ3n) is 2.69. The lowest BCUT2D eigenvalue weighted by molar-refractivity contribution is -0.115. The molecule has 6 heteroatoms. The molecule has 2 N–H and O–H groups in total. The van der Waals surface area contributed by atoms with Crippen molar-refractivity contribution in [2.24, 2.45) is 0 Å². The molecule has 1 aromatic rings. The van der Waals surface area contributed by atoms with Crippen LogP contribution in [0.5, 0.6) is 0 Å². The predicted octanol–water partition coefficient (Wildman–Crippen LogP) is 1.46. The molecule has 102 valence electrons. The molecule has 1 unspecified atom stereocenters. The van der Waals surface area contributed by atoms with Gasteiger partial charge in [-0.3, -0.25) is 10.1 Å². The van der Waals surface area contributed by atoms with Crippen LogP contribution in [-0.4, -0.2) is 30.3 Å². The van der Waals surface area contributed by atoms with Gasteiger partial charge in [0.15, 0.2) is 5.11 Å². The van der Waals surface area contributed by atoms with Crippen molar-refractivity contribution in [1.29, 1.82) is 0 Å². The molecule has 0 aromatic carbocycles. The van der Waals surface area contributed by atoms with Crippen molar-refractivity contribution in [3.8, 4) is 0 Å². The molecule has 5 nitrogen and oxygen atoms in total. The first-order chi connectivity index (χ1) is 9.24. The van der Waals surface area contributed by atoms with E-state index in [-0.39, 0.29) is 12.0 Å². The maximum atomic E-state index is 11.5. The van der Waals surface area contributed by atoms with Crippen LogP contribution in [0.1, 0.15) is 18.6 Å². The summed E-state index contributed by atoms with van der Waals surface area (Å²) in [5, 5.41) is 5.84. The molecule has 1 aliphatic heterocycles. The largest absolute Gasteiger partial charge is 0.465 e. The molecule has 1 aliphatic rings. The monoisotopic (exact) mass is 280 g/mol. The summed E-state index contributed by atoms with van der Waals surface area (Å²) in [7, 11) is 0. The fourth-order valence-corrected chi connectivity index (χ4v) is 1.94. The van der Waals surface area contributed by atoms with E-state index >= 15 is 0 Å². The fraction of sp³-hybridized carbons (Fsp3) is 0.385. The number of hydrogen-bond acceptors (Lipinski definition) is 4. The molecule has 19 heavy (non-hydrogen) atoms. The van der Waals surface area contributed by atoms with Crippen molar-refractivity contribution >= 4 is 29.3 Å². The van der Waals surface area contributed by atoms with E-state index in [1.54, 1.807) is 24.5 Å². The Kier molecular flexibility index (Phi) is 5.11. The molecule has 0 radical (unpaired) electrons. The maximum absolute atomic E-state index is 11.5. The number of nitrogens with one attached hydrogen (secondary N) is 2. The smallest absolute Gasteiger partial charge is 0.250 e. The predicted molar refractivity (Wildman–Crippen MR) is 75.5 cm³/mol. The highest BCUT2D eigenvalue weighted by molar-refractivity contribution is 7.80. The number of carbonyl (C=O) groups is 1. The summed E-state index contributed by atoms with van der Waals surface area (Å²) in [5.74, 6) is 0.328. The Morgan fingerprint density at radius 1 is 1.58 bits per heavy atom. The number of thiocarbonyl (C=S) groups is 1. The van der Waals surface area contributed by atoms with Gasteiger partial charge >= 0.3 is 0 Å². The average molecular weight is 280 g/mol. The summed E-state index contributed by atoms with van der Waals surface area (Å²) in [6.45, 7) is 1.43. The molecule has 1 fully saturated rings. The van der Waals surface area contributed by atoms with Gasteiger partial charge in [0.25, 0.3) is 0 Å². The van der Waals surface area contributed by atoms with E-state index < -0.39 is 0 Å². The van der Waals surface area contributed by atoms with Crippen LogP contribution in [0, 0.1) is 0 Å². The molecule has 2 heterocycles. The van der Waals surface area contributed by atoms with E-state index in [1.807, 2.05) is 0 Å². The van der Waals surface area contributed by atoms with Gasteiger partial charge < -0.3 is 14.5 Å². The molecule has 1 atom stereocenters. The van der Waals surface area contributed by atoms with Gasteiger partial charge in [-0.1, -0.05) is 0 Å². The Morgan fingerprint density at radius 2 is 2.47 bits per heavy atom. The summed E-state index contributed by atoms with van der Waals surface area (Å²) < 4.78 is 10.5. The zero-order chi connectivity index (χ0) is 13.5. The zero-order valence-electron chi connectivity index (χ0n) is 10.4. The summed E-state index contributed by atoms with van der Waals surface area (Å²) in [6.07, 6.45) is 6.80. The standard InChI is InChI=1S/C13H16N2O3S/c16-12(6-5-10-3-1-7-17-10)15-13(19)14-9-11-4-2-8-18-11/h1,3,5-7,11H,2,4,8-9H2,(H2,14,15,16,19). The van der Waals surface area contributed by atoms with Gasteiger partial charge in [-0.25, -0.2) is 0 Å². The van der Waals surface area contributed by atoms with Gasteiger partial charge in [0.2, 0.25) is 5.91 Å². The molecule has 0 bridgehead atoms. The Labute approximate surface area is 117 Å². The maximum Gasteiger partial charge on any atom is 0.250 e. The summed E-state index contributed by atoms with van der Waals surface area (Å²) in [5.41, 5.74) is 0. The second-order valence-corrected chi connectivity index (χ2v) is 4.59. The van der Waals surface area contributed by atoms with E-state index in [4.69, 9.17) is 21.4 Å². The van der Waals surface area contributed by atoms with Crippen molar-refractivity contribution in [2.45, 2.75) is 18.9 Å².